The Labute approximate surface area is 173 Å². The zero-order chi connectivity index (χ0) is 19.5. The van der Waals surface area contributed by atoms with Gasteiger partial charge >= 0.3 is 0 Å². The van der Waals surface area contributed by atoms with Gasteiger partial charge in [0, 0.05) is 27.2 Å². The van der Waals surface area contributed by atoms with Crippen molar-refractivity contribution in [3.8, 4) is 16.9 Å². The van der Waals surface area contributed by atoms with Crippen molar-refractivity contribution in [2.75, 3.05) is 0 Å². The Hall–Kier alpha value is -2.82. The summed E-state index contributed by atoms with van der Waals surface area (Å²) in [7, 11) is 0. The second-order valence-corrected chi connectivity index (χ2v) is 7.86. The lowest BCUT2D eigenvalue weighted by Gasteiger charge is -2.04. The Balaban J connectivity index is 1.77. The van der Waals surface area contributed by atoms with Crippen molar-refractivity contribution in [1.29, 1.82) is 0 Å². The lowest BCUT2D eigenvalue weighted by molar-refractivity contribution is 0.101. The van der Waals surface area contributed by atoms with Crippen molar-refractivity contribution >= 4 is 29.1 Å². The first-order valence-corrected chi connectivity index (χ1v) is 9.99. The van der Waals surface area contributed by atoms with Crippen molar-refractivity contribution in [3.63, 3.8) is 0 Å². The highest BCUT2D eigenvalue weighted by Crippen LogP contribution is 2.36. The van der Waals surface area contributed by atoms with E-state index in [4.69, 9.17) is 16.7 Å². The van der Waals surface area contributed by atoms with Crippen molar-refractivity contribution < 1.29 is 4.79 Å². The molecule has 0 saturated heterocycles. The van der Waals surface area contributed by atoms with Crippen molar-refractivity contribution in [3.05, 3.63) is 95.6 Å². The average Bonchev–Trinajstić information content (AvgIpc) is 3.14. The number of Topliss-reactive ketones (excluding diaryl/α,β-unsaturated/α-hetero) is 1. The molecular formula is C23H17ClN2OS. The smallest absolute Gasteiger partial charge is 0.159 e. The Morgan fingerprint density at radius 3 is 2.25 bits per heavy atom. The zero-order valence-electron chi connectivity index (χ0n) is 15.2. The quantitative estimate of drug-likeness (QED) is 0.354. The number of nitrogens with zero attached hydrogens (tertiary/aromatic N) is 2. The van der Waals surface area contributed by atoms with Crippen LogP contribution in [0.25, 0.3) is 16.9 Å². The van der Waals surface area contributed by atoms with Gasteiger partial charge in [-0.15, -0.1) is 0 Å². The minimum Gasteiger partial charge on any atom is -0.295 e. The number of rotatable bonds is 5. The number of aromatic nitrogens is 2. The van der Waals surface area contributed by atoms with Gasteiger partial charge in [-0.3, -0.25) is 4.79 Å². The molecule has 1 aromatic heterocycles. The average molecular weight is 405 g/mol. The largest absolute Gasteiger partial charge is 0.295 e. The van der Waals surface area contributed by atoms with Crippen LogP contribution in [0.4, 0.5) is 0 Å². The SMILES string of the molecule is CC(=O)c1ccc(-c2nn(-c3ccccc3)cc2Sc2ccc(Cl)cc2)cc1. The highest BCUT2D eigenvalue weighted by atomic mass is 35.5. The summed E-state index contributed by atoms with van der Waals surface area (Å²) < 4.78 is 1.88. The maximum Gasteiger partial charge on any atom is 0.159 e. The van der Waals surface area contributed by atoms with Gasteiger partial charge in [0.1, 0.15) is 5.69 Å². The summed E-state index contributed by atoms with van der Waals surface area (Å²) in [5, 5.41) is 5.54. The molecule has 138 valence electrons. The monoisotopic (exact) mass is 404 g/mol. The summed E-state index contributed by atoms with van der Waals surface area (Å²) in [6, 6.07) is 25.3. The molecule has 0 atom stereocenters. The molecule has 4 rings (SSSR count). The van der Waals surface area contributed by atoms with E-state index in [0.717, 1.165) is 26.7 Å². The second-order valence-electron chi connectivity index (χ2n) is 6.31. The summed E-state index contributed by atoms with van der Waals surface area (Å²) in [5.74, 6) is 0.0529. The molecule has 0 spiro atoms. The number of para-hydroxylation sites is 1. The highest BCUT2D eigenvalue weighted by Gasteiger charge is 2.14. The molecule has 3 nitrogen and oxygen atoms in total. The lowest BCUT2D eigenvalue weighted by atomic mass is 10.1. The van der Waals surface area contributed by atoms with Crippen LogP contribution >= 0.6 is 23.4 Å². The Morgan fingerprint density at radius 2 is 1.61 bits per heavy atom. The number of carbonyl (C=O) groups excluding carboxylic acids is 1. The van der Waals surface area contributed by atoms with E-state index in [1.165, 1.54) is 0 Å². The van der Waals surface area contributed by atoms with Gasteiger partial charge in [-0.1, -0.05) is 65.8 Å². The maximum absolute atomic E-state index is 11.6. The summed E-state index contributed by atoms with van der Waals surface area (Å²) >= 11 is 7.65. The first-order chi connectivity index (χ1) is 13.6. The number of benzene rings is 3. The second kappa shape index (κ2) is 8.05. The van der Waals surface area contributed by atoms with Gasteiger partial charge in [-0.25, -0.2) is 4.68 Å². The van der Waals surface area contributed by atoms with E-state index in [2.05, 4.69) is 0 Å². The van der Waals surface area contributed by atoms with E-state index in [0.29, 0.717) is 10.6 Å². The molecule has 0 aliphatic carbocycles. The van der Waals surface area contributed by atoms with Gasteiger partial charge in [0.05, 0.1) is 10.6 Å². The van der Waals surface area contributed by atoms with Crippen molar-refractivity contribution in [2.24, 2.45) is 0 Å². The third-order valence-corrected chi connectivity index (χ3v) is 5.59. The number of hydrogen-bond acceptors (Lipinski definition) is 3. The molecule has 0 unspecified atom stereocenters. The first kappa shape index (κ1) is 18.5. The van der Waals surface area contributed by atoms with Gasteiger partial charge in [0.2, 0.25) is 0 Å². The predicted octanol–water partition coefficient (Wildman–Crippen LogP) is 6.55. The zero-order valence-corrected chi connectivity index (χ0v) is 16.7. The van der Waals surface area contributed by atoms with Crippen molar-refractivity contribution in [1.82, 2.24) is 9.78 Å². The van der Waals surface area contributed by atoms with Crippen LogP contribution in [0.5, 0.6) is 0 Å². The Kier molecular flexibility index (Phi) is 5.33. The van der Waals surface area contributed by atoms with Gasteiger partial charge in [-0.05, 0) is 43.3 Å². The molecule has 4 aromatic rings. The van der Waals surface area contributed by atoms with Crippen LogP contribution in [0.3, 0.4) is 0 Å². The fourth-order valence-corrected chi connectivity index (χ4v) is 3.90. The molecule has 28 heavy (non-hydrogen) atoms. The molecule has 0 fully saturated rings. The molecule has 0 aliphatic rings. The van der Waals surface area contributed by atoms with E-state index >= 15 is 0 Å². The minimum absolute atomic E-state index is 0.0529. The van der Waals surface area contributed by atoms with Crippen LogP contribution in [0.15, 0.2) is 94.9 Å². The van der Waals surface area contributed by atoms with E-state index in [1.54, 1.807) is 18.7 Å². The van der Waals surface area contributed by atoms with Gasteiger partial charge in [-0.2, -0.15) is 5.10 Å². The fourth-order valence-electron chi connectivity index (χ4n) is 2.84. The number of halogens is 1. The molecule has 1 heterocycles. The standard InChI is InChI=1S/C23H17ClN2OS/c1-16(27)17-7-9-18(10-8-17)23-22(28-21-13-11-19(24)12-14-21)15-26(25-23)20-5-3-2-4-6-20/h2-15H,1H3. The summed E-state index contributed by atoms with van der Waals surface area (Å²) in [5.41, 5.74) is 3.53. The Bertz CT molecular complexity index is 1100. The molecule has 0 bridgehead atoms. The predicted molar refractivity (Wildman–Crippen MR) is 115 cm³/mol. The highest BCUT2D eigenvalue weighted by molar-refractivity contribution is 7.99. The van der Waals surface area contributed by atoms with Crippen LogP contribution in [0.1, 0.15) is 17.3 Å². The molecule has 0 amide bonds. The van der Waals surface area contributed by atoms with Gasteiger partial charge < -0.3 is 0 Å². The summed E-state index contributed by atoms with van der Waals surface area (Å²) in [6.07, 6.45) is 2.03. The van der Waals surface area contributed by atoms with Crippen LogP contribution in [-0.4, -0.2) is 15.6 Å². The molecule has 0 radical (unpaired) electrons. The molecule has 3 aromatic carbocycles. The van der Waals surface area contributed by atoms with E-state index in [-0.39, 0.29) is 5.78 Å². The topological polar surface area (TPSA) is 34.9 Å². The van der Waals surface area contributed by atoms with Gasteiger partial charge in [0.25, 0.3) is 0 Å². The third-order valence-electron chi connectivity index (χ3n) is 4.31. The number of hydrogen-bond donors (Lipinski definition) is 0. The third kappa shape index (κ3) is 4.03. The summed E-state index contributed by atoms with van der Waals surface area (Å²) in [4.78, 5) is 13.7. The Morgan fingerprint density at radius 1 is 0.929 bits per heavy atom. The number of ketones is 1. The molecule has 0 saturated carbocycles. The number of carbonyl (C=O) groups is 1. The van der Waals surface area contributed by atoms with Crippen molar-refractivity contribution in [2.45, 2.75) is 16.7 Å². The molecule has 5 heteroatoms. The van der Waals surface area contributed by atoms with E-state index in [1.807, 2.05) is 89.7 Å². The molecule has 0 N–H and O–H groups in total. The van der Waals surface area contributed by atoms with Crippen LogP contribution < -0.4 is 0 Å². The summed E-state index contributed by atoms with van der Waals surface area (Å²) in [6.45, 7) is 1.57. The lowest BCUT2D eigenvalue weighted by Crippen LogP contribution is -1.94. The molecule has 0 aliphatic heterocycles. The van der Waals surface area contributed by atoms with E-state index in [9.17, 15) is 4.79 Å². The fraction of sp³-hybridized carbons (Fsp3) is 0.0435. The van der Waals surface area contributed by atoms with Crippen LogP contribution in [0.2, 0.25) is 5.02 Å². The van der Waals surface area contributed by atoms with Crippen LogP contribution in [0, 0.1) is 0 Å². The maximum atomic E-state index is 11.6. The first-order valence-electron chi connectivity index (χ1n) is 8.80. The normalized spacial score (nSPS) is 10.8. The molecular weight excluding hydrogens is 388 g/mol. The van der Waals surface area contributed by atoms with E-state index < -0.39 is 0 Å². The van der Waals surface area contributed by atoms with Gasteiger partial charge in [0.15, 0.2) is 5.78 Å². The minimum atomic E-state index is 0.0529. The van der Waals surface area contributed by atoms with Crippen LogP contribution in [-0.2, 0) is 0 Å².